The first-order chi connectivity index (χ1) is 11.5. The summed E-state index contributed by atoms with van der Waals surface area (Å²) in [6.45, 7) is 6.98. The third-order valence-corrected chi connectivity index (χ3v) is 4.26. The number of carbonyl (C=O) groups is 2. The molecule has 3 N–H and O–H groups in total. The van der Waals surface area contributed by atoms with Crippen molar-refractivity contribution in [1.82, 2.24) is 5.32 Å². The van der Waals surface area contributed by atoms with Crippen LogP contribution in [0.1, 0.15) is 27.7 Å². The number of amides is 1. The summed E-state index contributed by atoms with van der Waals surface area (Å²) in [5.41, 5.74) is 0.280. The molecule has 0 heterocycles. The summed E-state index contributed by atoms with van der Waals surface area (Å²) < 4.78 is 31.8. The van der Waals surface area contributed by atoms with E-state index >= 15 is 0 Å². The second-order valence-corrected chi connectivity index (χ2v) is 7.90. The van der Waals surface area contributed by atoms with Crippen LogP contribution in [0.3, 0.4) is 0 Å². The van der Waals surface area contributed by atoms with Crippen molar-refractivity contribution in [2.75, 3.05) is 10.5 Å². The lowest BCUT2D eigenvalue weighted by molar-refractivity contribution is -0.142. The van der Waals surface area contributed by atoms with Crippen LogP contribution in [-0.2, 0) is 19.6 Å². The number of carboxylic acids is 1. The van der Waals surface area contributed by atoms with Crippen LogP contribution >= 0.6 is 0 Å². The Labute approximate surface area is 147 Å². The van der Waals surface area contributed by atoms with Crippen molar-refractivity contribution >= 4 is 27.6 Å². The lowest BCUT2D eigenvalue weighted by Crippen LogP contribution is -2.46. The number of benzene rings is 1. The van der Waals surface area contributed by atoms with Crippen molar-refractivity contribution in [3.05, 3.63) is 24.3 Å². The van der Waals surface area contributed by atoms with Crippen molar-refractivity contribution in [3.63, 3.8) is 0 Å². The zero-order valence-electron chi connectivity index (χ0n) is 14.6. The summed E-state index contributed by atoms with van der Waals surface area (Å²) >= 11 is 0. The monoisotopic (exact) mass is 372 g/mol. The van der Waals surface area contributed by atoms with Crippen LogP contribution < -0.4 is 14.8 Å². The van der Waals surface area contributed by atoms with Gasteiger partial charge in [-0.05, 0) is 44.0 Å². The molecule has 0 aliphatic rings. The van der Waals surface area contributed by atoms with Crippen molar-refractivity contribution < 1.29 is 27.9 Å². The van der Waals surface area contributed by atoms with Crippen LogP contribution in [0, 0.1) is 5.92 Å². The third kappa shape index (κ3) is 7.42. The minimum atomic E-state index is -3.96. The summed E-state index contributed by atoms with van der Waals surface area (Å²) in [7, 11) is -3.96. The quantitative estimate of drug-likeness (QED) is 0.603. The fraction of sp³-hybridized carbons (Fsp3) is 0.500. The molecule has 1 aromatic carbocycles. The van der Waals surface area contributed by atoms with Gasteiger partial charge in [0.15, 0.2) is 0 Å². The number of sulfonamides is 1. The van der Waals surface area contributed by atoms with Crippen LogP contribution in [0.15, 0.2) is 24.3 Å². The highest BCUT2D eigenvalue weighted by Crippen LogP contribution is 2.17. The number of ether oxygens (including phenoxy) is 1. The Morgan fingerprint density at radius 2 is 1.68 bits per heavy atom. The van der Waals surface area contributed by atoms with Gasteiger partial charge in [0.2, 0.25) is 15.9 Å². The largest absolute Gasteiger partial charge is 0.491 e. The second-order valence-electron chi connectivity index (χ2n) is 6.18. The lowest BCUT2D eigenvalue weighted by Gasteiger charge is -2.18. The molecule has 0 aliphatic heterocycles. The predicted molar refractivity (Wildman–Crippen MR) is 94.0 cm³/mol. The first-order valence-corrected chi connectivity index (χ1v) is 9.45. The zero-order valence-corrected chi connectivity index (χ0v) is 15.5. The summed E-state index contributed by atoms with van der Waals surface area (Å²) in [4.78, 5) is 22.9. The molecule has 0 spiro atoms. The van der Waals surface area contributed by atoms with E-state index in [9.17, 15) is 18.0 Å². The minimum absolute atomic E-state index is 0.00521. The Hall–Kier alpha value is -2.29. The Bertz CT molecular complexity index is 698. The number of hydrogen-bond donors (Lipinski definition) is 3. The molecule has 0 unspecified atom stereocenters. The number of anilines is 1. The average Bonchev–Trinajstić information content (AvgIpc) is 2.44. The number of rotatable bonds is 9. The zero-order chi connectivity index (χ0) is 19.2. The normalized spacial score (nSPS) is 12.7. The molecule has 0 fully saturated rings. The maximum atomic E-state index is 12.0. The van der Waals surface area contributed by atoms with Gasteiger partial charge in [-0.1, -0.05) is 13.8 Å². The van der Waals surface area contributed by atoms with Gasteiger partial charge in [0.25, 0.3) is 0 Å². The third-order valence-electron chi connectivity index (χ3n) is 3.07. The minimum Gasteiger partial charge on any atom is -0.491 e. The molecule has 0 saturated carbocycles. The van der Waals surface area contributed by atoms with Gasteiger partial charge in [-0.3, -0.25) is 9.52 Å². The summed E-state index contributed by atoms with van der Waals surface area (Å²) in [5.74, 6) is -2.74. The van der Waals surface area contributed by atoms with Gasteiger partial charge in [-0.25, -0.2) is 13.2 Å². The molecule has 8 nitrogen and oxygen atoms in total. The maximum Gasteiger partial charge on any atom is 0.326 e. The molecule has 140 valence electrons. The molecule has 0 radical (unpaired) electrons. The Morgan fingerprint density at radius 3 is 2.12 bits per heavy atom. The van der Waals surface area contributed by atoms with E-state index in [0.717, 1.165) is 0 Å². The molecule has 1 aromatic rings. The van der Waals surface area contributed by atoms with E-state index in [4.69, 9.17) is 9.84 Å². The van der Waals surface area contributed by atoms with Crippen LogP contribution in [0.2, 0.25) is 0 Å². The van der Waals surface area contributed by atoms with Crippen LogP contribution in [0.25, 0.3) is 0 Å². The van der Waals surface area contributed by atoms with Gasteiger partial charge in [-0.15, -0.1) is 0 Å². The fourth-order valence-corrected chi connectivity index (χ4v) is 2.99. The standard InChI is InChI=1S/C16H24N2O6S/c1-10(2)15(16(20)21)17-14(19)9-25(22,23)18-12-5-7-13(8-6-12)24-11(3)4/h5-8,10-11,15,18H,9H2,1-4H3,(H,17,19)(H,20,21)/t15-/m1/s1. The molecular weight excluding hydrogens is 348 g/mol. The van der Waals surface area contributed by atoms with E-state index in [-0.39, 0.29) is 17.7 Å². The first-order valence-electron chi connectivity index (χ1n) is 7.79. The molecule has 1 atom stereocenters. The first kappa shape index (κ1) is 20.8. The molecule has 0 aliphatic carbocycles. The second kappa shape index (κ2) is 8.70. The molecule has 9 heteroatoms. The molecule has 1 rings (SSSR count). The summed E-state index contributed by atoms with van der Waals surface area (Å²) in [6.07, 6.45) is -0.00521. The van der Waals surface area contributed by atoms with Gasteiger partial charge in [0.05, 0.1) is 6.10 Å². The topological polar surface area (TPSA) is 122 Å². The lowest BCUT2D eigenvalue weighted by atomic mass is 10.1. The van der Waals surface area contributed by atoms with Gasteiger partial charge in [-0.2, -0.15) is 0 Å². The van der Waals surface area contributed by atoms with E-state index in [1.807, 2.05) is 13.8 Å². The average molecular weight is 372 g/mol. The molecule has 25 heavy (non-hydrogen) atoms. The number of carboxylic acid groups (broad SMARTS) is 1. The van der Waals surface area contributed by atoms with Gasteiger partial charge in [0.1, 0.15) is 17.5 Å². The number of hydrogen-bond acceptors (Lipinski definition) is 5. The van der Waals surface area contributed by atoms with E-state index in [0.29, 0.717) is 5.75 Å². The molecule has 1 amide bonds. The molecule has 0 aromatic heterocycles. The highest BCUT2D eigenvalue weighted by Gasteiger charge is 2.26. The van der Waals surface area contributed by atoms with E-state index in [2.05, 4.69) is 10.0 Å². The molecule has 0 bridgehead atoms. The van der Waals surface area contributed by atoms with Crippen molar-refractivity contribution in [2.24, 2.45) is 5.92 Å². The van der Waals surface area contributed by atoms with Crippen molar-refractivity contribution in [2.45, 2.75) is 39.8 Å². The number of aliphatic carboxylic acids is 1. The Morgan fingerprint density at radius 1 is 1.12 bits per heavy atom. The van der Waals surface area contributed by atoms with Crippen LogP contribution in [-0.4, -0.2) is 43.3 Å². The SMILES string of the molecule is CC(C)Oc1ccc(NS(=O)(=O)CC(=O)N[C@@H](C(=O)O)C(C)C)cc1. The Balaban J connectivity index is 2.69. The van der Waals surface area contributed by atoms with Gasteiger partial charge < -0.3 is 15.2 Å². The summed E-state index contributed by atoms with van der Waals surface area (Å²) in [6, 6.07) is 5.10. The van der Waals surface area contributed by atoms with Gasteiger partial charge in [0, 0.05) is 5.69 Å². The smallest absolute Gasteiger partial charge is 0.326 e. The van der Waals surface area contributed by atoms with E-state index in [1.54, 1.807) is 26.0 Å². The molecular formula is C16H24N2O6S. The van der Waals surface area contributed by atoms with Gasteiger partial charge >= 0.3 is 5.97 Å². The van der Waals surface area contributed by atoms with E-state index < -0.39 is 33.7 Å². The van der Waals surface area contributed by atoms with E-state index in [1.165, 1.54) is 12.1 Å². The van der Waals surface area contributed by atoms with Crippen molar-refractivity contribution in [1.29, 1.82) is 0 Å². The predicted octanol–water partition coefficient (Wildman–Crippen LogP) is 1.44. The highest BCUT2D eigenvalue weighted by atomic mass is 32.2. The van der Waals surface area contributed by atoms with Crippen LogP contribution in [0.4, 0.5) is 5.69 Å². The fourth-order valence-electron chi connectivity index (χ4n) is 1.99. The Kier molecular flexibility index (Phi) is 7.22. The highest BCUT2D eigenvalue weighted by molar-refractivity contribution is 7.93. The number of carbonyl (C=O) groups excluding carboxylic acids is 1. The van der Waals surface area contributed by atoms with Crippen LogP contribution in [0.5, 0.6) is 5.75 Å². The maximum absolute atomic E-state index is 12.0. The molecule has 0 saturated heterocycles. The summed E-state index contributed by atoms with van der Waals surface area (Å²) in [5, 5.41) is 11.2. The van der Waals surface area contributed by atoms with Crippen molar-refractivity contribution in [3.8, 4) is 5.75 Å². The number of nitrogens with one attached hydrogen (secondary N) is 2.